The first-order valence-corrected chi connectivity index (χ1v) is 18.6. The van der Waals surface area contributed by atoms with Crippen molar-refractivity contribution >= 4 is 40.0 Å². The molecule has 1 aliphatic rings. The van der Waals surface area contributed by atoms with E-state index in [1.54, 1.807) is 0 Å². The Balaban J connectivity index is 1.59. The van der Waals surface area contributed by atoms with Crippen molar-refractivity contribution in [3.63, 3.8) is 0 Å². The van der Waals surface area contributed by atoms with E-state index in [1.165, 1.54) is 18.6 Å². The van der Waals surface area contributed by atoms with Gasteiger partial charge in [0.1, 0.15) is 11.7 Å². The second kappa shape index (κ2) is 18.2. The minimum atomic E-state index is -6.02. The zero-order valence-electron chi connectivity index (χ0n) is 27.1. The highest BCUT2D eigenvalue weighted by atomic mass is 31.2. The van der Waals surface area contributed by atoms with Gasteiger partial charge in [0.25, 0.3) is 5.91 Å². The fraction of sp³-hybridized carbons (Fsp3) is 0.536. The first-order chi connectivity index (χ1) is 23.0. The molecule has 1 fully saturated rings. The van der Waals surface area contributed by atoms with Gasteiger partial charge in [-0.05, 0) is 17.9 Å². The van der Waals surface area contributed by atoms with E-state index in [0.717, 1.165) is 5.56 Å². The summed E-state index contributed by atoms with van der Waals surface area (Å²) in [6.07, 6.45) is 3.25. The molecule has 1 saturated heterocycles. The van der Waals surface area contributed by atoms with E-state index in [4.69, 9.17) is 14.2 Å². The second-order valence-electron chi connectivity index (χ2n) is 11.9. The van der Waals surface area contributed by atoms with E-state index < -0.39 is 63.5 Å². The van der Waals surface area contributed by atoms with Gasteiger partial charge in [-0.25, -0.2) is 4.98 Å². The number of nitrogens with zero attached hydrogens (tertiary/aromatic N) is 3. The average Bonchev–Trinajstić information content (AvgIpc) is 3.01. The molecule has 0 spiro atoms. The smallest absolute Gasteiger partial charge is 0.480 e. The highest BCUT2D eigenvalue weighted by Gasteiger charge is 2.55. The van der Waals surface area contributed by atoms with Gasteiger partial charge in [-0.3, -0.25) is 28.8 Å². The van der Waals surface area contributed by atoms with Crippen LogP contribution in [0.25, 0.3) is 0 Å². The topological polar surface area (TPSA) is 273 Å². The molecule has 21 heteroatoms. The normalized spacial score (nSPS) is 18.2. The van der Waals surface area contributed by atoms with Crippen LogP contribution in [0.3, 0.4) is 0 Å². The van der Waals surface area contributed by atoms with Crippen LogP contribution in [0.1, 0.15) is 42.7 Å². The van der Waals surface area contributed by atoms with Gasteiger partial charge < -0.3 is 54.5 Å². The molecule has 18 nitrogen and oxygen atoms in total. The molecule has 7 N–H and O–H groups in total. The third-order valence-electron chi connectivity index (χ3n) is 7.53. The van der Waals surface area contributed by atoms with Crippen molar-refractivity contribution in [2.75, 3.05) is 39.4 Å². The van der Waals surface area contributed by atoms with E-state index in [0.29, 0.717) is 19.5 Å². The molecule has 3 unspecified atom stereocenters. The van der Waals surface area contributed by atoms with Crippen LogP contribution in [0, 0.1) is 5.92 Å². The van der Waals surface area contributed by atoms with Crippen molar-refractivity contribution in [2.24, 2.45) is 5.92 Å². The van der Waals surface area contributed by atoms with Crippen molar-refractivity contribution in [1.82, 2.24) is 30.8 Å². The summed E-state index contributed by atoms with van der Waals surface area (Å²) >= 11 is 0. The lowest BCUT2D eigenvalue weighted by molar-refractivity contribution is -0.206. The number of amides is 3. The summed E-state index contributed by atoms with van der Waals surface area (Å²) in [5.41, 5.74) is 0.887. The number of rotatable bonds is 16. The van der Waals surface area contributed by atoms with E-state index in [9.17, 15) is 43.3 Å². The maximum Gasteiger partial charge on any atom is 0.480 e. The van der Waals surface area contributed by atoms with Gasteiger partial charge in [0, 0.05) is 58.2 Å². The Kier molecular flexibility index (Phi) is 15.0. The largest absolute Gasteiger partial charge is 0.776 e. The van der Waals surface area contributed by atoms with Gasteiger partial charge in [-0.1, -0.05) is 44.2 Å². The highest BCUT2D eigenvalue weighted by Crippen LogP contribution is 2.66. The van der Waals surface area contributed by atoms with Gasteiger partial charge in [0.2, 0.25) is 16.9 Å². The summed E-state index contributed by atoms with van der Waals surface area (Å²) in [7, 11) is -12.7. The number of nitrogens with one attached hydrogen (secondary N) is 3. The van der Waals surface area contributed by atoms with Gasteiger partial charge >= 0.3 is 14.7 Å². The van der Waals surface area contributed by atoms with Gasteiger partial charge in [-0.15, -0.1) is 0 Å². The fourth-order valence-corrected chi connectivity index (χ4v) is 6.96. The molecule has 0 radical (unpaired) electrons. The van der Waals surface area contributed by atoms with Crippen molar-refractivity contribution in [3.8, 4) is 0 Å². The molecule has 1 aromatic heterocycles. The number of hydrogen-bond acceptors (Lipinski definition) is 12. The highest BCUT2D eigenvalue weighted by molar-refractivity contribution is 7.71. The molecule has 2 aromatic rings. The fourth-order valence-electron chi connectivity index (χ4n) is 4.95. The number of hydrogen-bond donors (Lipinski definition) is 7. The van der Waals surface area contributed by atoms with Crippen molar-refractivity contribution < 1.29 is 57.5 Å². The summed E-state index contributed by atoms with van der Waals surface area (Å²) in [5.74, 6) is -2.66. The zero-order valence-corrected chi connectivity index (χ0v) is 28.9. The maximum atomic E-state index is 13.7. The van der Waals surface area contributed by atoms with Crippen molar-refractivity contribution in [3.05, 3.63) is 60.2 Å². The summed E-state index contributed by atoms with van der Waals surface area (Å²) in [6.45, 7) is 5.10. The van der Waals surface area contributed by atoms with Crippen LogP contribution in [0.2, 0.25) is 0 Å². The molecule has 270 valence electrons. The predicted molar refractivity (Wildman–Crippen MR) is 173 cm³/mol. The summed E-state index contributed by atoms with van der Waals surface area (Å²) in [4.78, 5) is 87.5. The molecule has 0 saturated carbocycles. The van der Waals surface area contributed by atoms with E-state index in [2.05, 4.69) is 25.9 Å². The molecule has 1 aliphatic heterocycles. The van der Waals surface area contributed by atoms with Crippen LogP contribution in [0.15, 0.2) is 48.9 Å². The Morgan fingerprint density at radius 1 is 1.06 bits per heavy atom. The lowest BCUT2D eigenvalue weighted by Gasteiger charge is -2.35. The second-order valence-corrected chi connectivity index (χ2v) is 15.8. The van der Waals surface area contributed by atoms with Crippen LogP contribution in [0.4, 0.5) is 0 Å². The van der Waals surface area contributed by atoms with Crippen LogP contribution in [-0.2, 0) is 34.4 Å². The lowest BCUT2D eigenvalue weighted by Crippen LogP contribution is -2.57. The molecule has 49 heavy (non-hydrogen) atoms. The minimum Gasteiger partial charge on any atom is -0.776 e. The first kappa shape index (κ1) is 40.3. The molecular weight excluding hydrogens is 685 g/mol. The minimum absolute atomic E-state index is 0.0592. The van der Waals surface area contributed by atoms with Gasteiger partial charge in [0.15, 0.2) is 7.60 Å². The van der Waals surface area contributed by atoms with Crippen LogP contribution in [0.5, 0.6) is 0 Å². The third-order valence-corrected chi connectivity index (χ3v) is 11.2. The summed E-state index contributed by atoms with van der Waals surface area (Å²) < 4.78 is 34.9. The number of benzene rings is 1. The quantitative estimate of drug-likeness (QED) is 0.0774. The first-order valence-electron chi connectivity index (χ1n) is 15.5. The standard InChI is InChI=1S/C28H43BN6O12P2/c1-20(2)16-24(34-26(37)22(17-21-6-4-3-5-7-21)33-27(38)23-19-30-8-9-31-23)29-46-14-12-35(13-15-47-29)11-10-32-25(36)18-28(39,48(40,41)42)49(43,44)45/h3-9,19-20,22,24,39H,10-18H2,1-2H3,(H,32,36)(H,33,38)(H,34,37)(H2,40,41,42)(H2,43,44,45)/p-1/t22-,24?/m1/s1. The molecule has 0 bridgehead atoms. The number of aliphatic hydroxyl groups is 1. The molecule has 3 rings (SSSR count). The molecule has 0 aliphatic carbocycles. The van der Waals surface area contributed by atoms with Crippen molar-refractivity contribution in [1.29, 1.82) is 0 Å². The molecule has 4 atom stereocenters. The monoisotopic (exact) mass is 727 g/mol. The number of carbonyl (C=O) groups excluding carboxylic acids is 3. The lowest BCUT2D eigenvalue weighted by atomic mass is 9.73. The predicted octanol–water partition coefficient (Wildman–Crippen LogP) is -1.40. The molecular formula is C28H42BN6O12P2-. The Hall–Kier alpha value is -3.09. The average molecular weight is 727 g/mol. The van der Waals surface area contributed by atoms with Gasteiger partial charge in [0.05, 0.1) is 18.6 Å². The number of aromatic nitrogens is 2. The molecule has 3 amide bonds. The summed E-state index contributed by atoms with van der Waals surface area (Å²) in [5, 5.41) is 14.0. The number of carbonyl (C=O) groups is 3. The van der Waals surface area contributed by atoms with Crippen LogP contribution >= 0.6 is 15.2 Å². The van der Waals surface area contributed by atoms with E-state index in [-0.39, 0.29) is 44.3 Å². The Morgan fingerprint density at radius 3 is 2.27 bits per heavy atom. The Bertz CT molecular complexity index is 1450. The zero-order chi connectivity index (χ0) is 36.2. The Morgan fingerprint density at radius 2 is 1.71 bits per heavy atom. The Labute approximate surface area is 283 Å². The third kappa shape index (κ3) is 12.3. The van der Waals surface area contributed by atoms with Crippen LogP contribution in [-0.4, -0.2) is 116 Å². The SMILES string of the molecule is CC(C)CC(NC(=O)[C@@H](Cc1ccccc1)NC(=O)c1cnccn1)B1OCCN(CCNC(=O)CC(O)(P(=O)([O-])O)P(=O)(O)O)CCO1. The van der Waals surface area contributed by atoms with Crippen molar-refractivity contribution in [2.45, 2.75) is 50.2 Å². The van der Waals surface area contributed by atoms with Crippen LogP contribution < -0.4 is 20.8 Å². The van der Waals surface area contributed by atoms with E-state index in [1.807, 2.05) is 49.1 Å². The van der Waals surface area contributed by atoms with E-state index >= 15 is 0 Å². The maximum absolute atomic E-state index is 13.7. The van der Waals surface area contributed by atoms with Gasteiger partial charge in [-0.2, -0.15) is 0 Å². The summed E-state index contributed by atoms with van der Waals surface area (Å²) in [6, 6.07) is 8.25. The molecule has 2 heterocycles. The molecule has 1 aromatic carbocycles.